The van der Waals surface area contributed by atoms with Crippen molar-refractivity contribution in [2.75, 3.05) is 0 Å². The van der Waals surface area contributed by atoms with Crippen molar-refractivity contribution in [3.8, 4) is 0 Å². The first-order valence-electron chi connectivity index (χ1n) is 9.28. The van der Waals surface area contributed by atoms with E-state index in [2.05, 4.69) is 0 Å². The number of hydrogen-bond acceptors (Lipinski definition) is 6. The normalized spacial score (nSPS) is 50.2. The molecule has 2 aliphatic heterocycles. The average molecular weight is 350 g/mol. The fourth-order valence-corrected chi connectivity index (χ4v) is 5.76. The molecule has 2 saturated carbocycles. The highest BCUT2D eigenvalue weighted by Crippen LogP contribution is 2.70. The smallest absolute Gasteiger partial charge is 0.309 e. The summed E-state index contributed by atoms with van der Waals surface area (Å²) in [5.74, 6) is -2.03. The number of fused-ring (bicyclic) bond motifs is 1. The van der Waals surface area contributed by atoms with Gasteiger partial charge in [0.2, 0.25) is 0 Å². The van der Waals surface area contributed by atoms with E-state index in [1.54, 1.807) is 20.8 Å². The zero-order chi connectivity index (χ0) is 18.4. The van der Waals surface area contributed by atoms with Crippen molar-refractivity contribution in [2.24, 2.45) is 23.7 Å². The standard InChI is InChI=1S/C19H26O6/c1-6-18-8-19-12(10(4)16(22)24-19)11(23-15(21)9(2)3)7-17(5,25-18)14(20)13(18)19/h9-13H,6-8H2,1-5H3/t10-,11-,12-,13+,17-,18+,19-/m1/s1. The lowest BCUT2D eigenvalue weighted by Crippen LogP contribution is -2.70. The summed E-state index contributed by atoms with van der Waals surface area (Å²) in [7, 11) is 0. The van der Waals surface area contributed by atoms with Crippen LogP contribution < -0.4 is 0 Å². The first-order valence-corrected chi connectivity index (χ1v) is 9.28. The molecule has 0 N–H and O–H groups in total. The highest BCUT2D eigenvalue weighted by Gasteiger charge is 2.83. The molecule has 2 bridgehead atoms. The lowest BCUT2D eigenvalue weighted by Gasteiger charge is -2.58. The number of hydrogen-bond donors (Lipinski definition) is 0. The van der Waals surface area contributed by atoms with Gasteiger partial charge in [-0.2, -0.15) is 0 Å². The predicted octanol–water partition coefficient (Wildman–Crippen LogP) is 2.03. The molecule has 7 atom stereocenters. The Kier molecular flexibility index (Phi) is 3.29. The molecular formula is C19H26O6. The molecule has 0 amide bonds. The van der Waals surface area contributed by atoms with E-state index in [4.69, 9.17) is 14.2 Å². The molecule has 0 unspecified atom stereocenters. The van der Waals surface area contributed by atoms with Gasteiger partial charge >= 0.3 is 11.9 Å². The van der Waals surface area contributed by atoms with E-state index in [1.807, 2.05) is 13.8 Å². The van der Waals surface area contributed by atoms with E-state index >= 15 is 0 Å². The Morgan fingerprint density at radius 3 is 2.64 bits per heavy atom. The van der Waals surface area contributed by atoms with E-state index < -0.39 is 34.7 Å². The van der Waals surface area contributed by atoms with Crippen molar-refractivity contribution in [2.45, 2.75) is 76.8 Å². The van der Waals surface area contributed by atoms with Crippen LogP contribution in [0.3, 0.4) is 0 Å². The van der Waals surface area contributed by atoms with Crippen molar-refractivity contribution in [3.05, 3.63) is 0 Å². The summed E-state index contributed by atoms with van der Waals surface area (Å²) < 4.78 is 17.9. The Morgan fingerprint density at radius 2 is 2.04 bits per heavy atom. The second-order valence-electron chi connectivity index (χ2n) is 8.75. The summed E-state index contributed by atoms with van der Waals surface area (Å²) in [6, 6.07) is 0. The third-order valence-electron chi connectivity index (χ3n) is 6.90. The maximum atomic E-state index is 13.2. The highest BCUT2D eigenvalue weighted by atomic mass is 16.6. The number of carbonyl (C=O) groups excluding carboxylic acids is 3. The Morgan fingerprint density at radius 1 is 1.36 bits per heavy atom. The predicted molar refractivity (Wildman–Crippen MR) is 86.4 cm³/mol. The first-order chi connectivity index (χ1) is 11.6. The minimum absolute atomic E-state index is 0.00408. The summed E-state index contributed by atoms with van der Waals surface area (Å²) in [6.45, 7) is 9.16. The van der Waals surface area contributed by atoms with Crippen molar-refractivity contribution in [1.82, 2.24) is 0 Å². The van der Waals surface area contributed by atoms with Crippen LogP contribution in [0.2, 0.25) is 0 Å². The molecule has 0 aromatic heterocycles. The third kappa shape index (κ3) is 1.86. The molecular weight excluding hydrogens is 324 g/mol. The van der Waals surface area contributed by atoms with Gasteiger partial charge in [0.15, 0.2) is 5.78 Å². The highest BCUT2D eigenvalue weighted by molar-refractivity contribution is 5.96. The van der Waals surface area contributed by atoms with Gasteiger partial charge in [-0.15, -0.1) is 0 Å². The molecule has 6 heteroatoms. The van der Waals surface area contributed by atoms with E-state index in [9.17, 15) is 14.4 Å². The van der Waals surface area contributed by atoms with Crippen LogP contribution in [0.5, 0.6) is 0 Å². The van der Waals surface area contributed by atoms with Crippen LogP contribution in [0.1, 0.15) is 53.9 Å². The average Bonchev–Trinajstić information content (AvgIpc) is 2.83. The van der Waals surface area contributed by atoms with Crippen LogP contribution >= 0.6 is 0 Å². The fraction of sp³-hybridized carbons (Fsp3) is 0.842. The molecule has 4 rings (SSSR count). The zero-order valence-electron chi connectivity index (χ0n) is 15.5. The molecule has 25 heavy (non-hydrogen) atoms. The van der Waals surface area contributed by atoms with Crippen LogP contribution in [0.25, 0.3) is 0 Å². The molecule has 138 valence electrons. The van der Waals surface area contributed by atoms with Crippen LogP contribution in [0, 0.1) is 23.7 Å². The zero-order valence-corrected chi connectivity index (χ0v) is 15.5. The van der Waals surface area contributed by atoms with E-state index in [-0.39, 0.29) is 36.0 Å². The molecule has 0 aromatic carbocycles. The Balaban J connectivity index is 1.80. The van der Waals surface area contributed by atoms with Crippen LogP contribution in [-0.4, -0.2) is 40.6 Å². The summed E-state index contributed by atoms with van der Waals surface area (Å²) in [6.07, 6.45) is 0.954. The van der Waals surface area contributed by atoms with E-state index in [1.165, 1.54) is 0 Å². The Bertz CT molecular complexity index is 671. The van der Waals surface area contributed by atoms with Gasteiger partial charge < -0.3 is 14.2 Å². The molecule has 4 aliphatic rings. The number of carbonyl (C=O) groups is 3. The molecule has 0 aromatic rings. The van der Waals surface area contributed by atoms with Crippen molar-refractivity contribution in [1.29, 1.82) is 0 Å². The number of ketones is 1. The summed E-state index contributed by atoms with van der Waals surface area (Å²) in [5.41, 5.74) is -2.40. The molecule has 2 heterocycles. The second kappa shape index (κ2) is 4.84. The van der Waals surface area contributed by atoms with Gasteiger partial charge in [0.25, 0.3) is 0 Å². The number of ether oxygens (including phenoxy) is 3. The molecule has 2 saturated heterocycles. The third-order valence-corrected chi connectivity index (χ3v) is 6.90. The topological polar surface area (TPSA) is 78.9 Å². The minimum Gasteiger partial charge on any atom is -0.462 e. The Hall–Kier alpha value is -1.43. The number of esters is 2. The molecule has 4 fully saturated rings. The maximum Gasteiger partial charge on any atom is 0.309 e. The number of rotatable bonds is 3. The molecule has 6 nitrogen and oxygen atoms in total. The first kappa shape index (κ1) is 17.0. The van der Waals surface area contributed by atoms with E-state index in [0.29, 0.717) is 12.8 Å². The lowest BCUT2D eigenvalue weighted by atomic mass is 9.51. The monoisotopic (exact) mass is 350 g/mol. The quantitative estimate of drug-likeness (QED) is 0.725. The Labute approximate surface area is 147 Å². The van der Waals surface area contributed by atoms with Gasteiger partial charge in [-0.1, -0.05) is 27.7 Å². The summed E-state index contributed by atoms with van der Waals surface area (Å²) >= 11 is 0. The fourth-order valence-electron chi connectivity index (χ4n) is 5.76. The van der Waals surface area contributed by atoms with Gasteiger partial charge in [-0.05, 0) is 13.3 Å². The SMILES string of the molecule is CC[C@@]12C[C@@]34OC(=O)[C@H](C)[C@@H]3[C@H](OC(=O)C(C)C)C[C@@](C)(O1)C(=O)[C@@H]24. The van der Waals surface area contributed by atoms with E-state index in [0.717, 1.165) is 0 Å². The largest absolute Gasteiger partial charge is 0.462 e. The molecule has 2 aliphatic carbocycles. The summed E-state index contributed by atoms with van der Waals surface area (Å²) in [5, 5.41) is 0. The van der Waals surface area contributed by atoms with Crippen LogP contribution in [-0.2, 0) is 28.6 Å². The van der Waals surface area contributed by atoms with Crippen molar-refractivity contribution < 1.29 is 28.6 Å². The lowest BCUT2D eigenvalue weighted by molar-refractivity contribution is -0.273. The van der Waals surface area contributed by atoms with Gasteiger partial charge in [0, 0.05) is 12.8 Å². The number of Topliss-reactive ketones (excluding diaryl/α,β-unsaturated/α-hetero) is 1. The van der Waals surface area contributed by atoms with Gasteiger partial charge in [0.05, 0.1) is 29.3 Å². The second-order valence-corrected chi connectivity index (χ2v) is 8.75. The minimum atomic E-state index is -0.984. The van der Waals surface area contributed by atoms with Gasteiger partial charge in [-0.3, -0.25) is 14.4 Å². The van der Waals surface area contributed by atoms with Crippen molar-refractivity contribution in [3.63, 3.8) is 0 Å². The summed E-state index contributed by atoms with van der Waals surface area (Å²) in [4.78, 5) is 37.8. The van der Waals surface area contributed by atoms with Gasteiger partial charge in [0.1, 0.15) is 17.3 Å². The molecule has 0 radical (unpaired) electrons. The van der Waals surface area contributed by atoms with Crippen molar-refractivity contribution >= 4 is 17.7 Å². The van der Waals surface area contributed by atoms with Crippen LogP contribution in [0.15, 0.2) is 0 Å². The van der Waals surface area contributed by atoms with Gasteiger partial charge in [-0.25, -0.2) is 0 Å². The van der Waals surface area contributed by atoms with Crippen LogP contribution in [0.4, 0.5) is 0 Å². The molecule has 1 spiro atoms. The maximum absolute atomic E-state index is 13.2.